The predicted octanol–water partition coefficient (Wildman–Crippen LogP) is 4.57. The van der Waals surface area contributed by atoms with E-state index >= 15 is 0 Å². The molecular formula is C23H20F4N4O. The van der Waals surface area contributed by atoms with Crippen molar-refractivity contribution in [3.8, 4) is 11.3 Å². The van der Waals surface area contributed by atoms with E-state index in [4.69, 9.17) is 0 Å². The van der Waals surface area contributed by atoms with Gasteiger partial charge in [0.1, 0.15) is 5.82 Å². The summed E-state index contributed by atoms with van der Waals surface area (Å²) in [5.41, 5.74) is 0.845. The minimum atomic E-state index is -4.43. The van der Waals surface area contributed by atoms with Gasteiger partial charge in [-0.25, -0.2) is 14.4 Å². The van der Waals surface area contributed by atoms with Crippen molar-refractivity contribution < 1.29 is 22.4 Å². The maximum absolute atomic E-state index is 13.5. The van der Waals surface area contributed by atoms with Crippen LogP contribution in [-0.4, -0.2) is 47.0 Å². The van der Waals surface area contributed by atoms with Crippen molar-refractivity contribution in [2.24, 2.45) is 0 Å². The number of benzene rings is 2. The van der Waals surface area contributed by atoms with Gasteiger partial charge < -0.3 is 9.80 Å². The Morgan fingerprint density at radius 1 is 1.00 bits per heavy atom. The molecule has 0 unspecified atom stereocenters. The van der Waals surface area contributed by atoms with Gasteiger partial charge in [0.2, 0.25) is 5.95 Å². The quantitative estimate of drug-likeness (QED) is 0.556. The Labute approximate surface area is 182 Å². The fourth-order valence-electron chi connectivity index (χ4n) is 3.59. The van der Waals surface area contributed by atoms with E-state index in [-0.39, 0.29) is 11.7 Å². The molecule has 1 aliphatic rings. The number of piperazine rings is 1. The van der Waals surface area contributed by atoms with Crippen molar-refractivity contribution in [3.63, 3.8) is 0 Å². The van der Waals surface area contributed by atoms with E-state index < -0.39 is 11.7 Å². The summed E-state index contributed by atoms with van der Waals surface area (Å²) in [6.45, 7) is 3.40. The first-order valence-corrected chi connectivity index (χ1v) is 10.0. The van der Waals surface area contributed by atoms with E-state index in [0.717, 1.165) is 12.1 Å². The van der Waals surface area contributed by atoms with Crippen LogP contribution in [0.1, 0.15) is 21.5 Å². The number of anilines is 1. The summed E-state index contributed by atoms with van der Waals surface area (Å²) in [6, 6.07) is 10.9. The SMILES string of the molecule is Cc1cc(C(=O)N2CCN(c3nccc(-c4cccc(C(F)(F)F)c4)n3)CC2)ccc1F. The molecule has 0 radical (unpaired) electrons. The second-order valence-corrected chi connectivity index (χ2v) is 7.56. The molecule has 2 aromatic carbocycles. The minimum absolute atomic E-state index is 0.175. The topological polar surface area (TPSA) is 49.3 Å². The van der Waals surface area contributed by atoms with E-state index in [9.17, 15) is 22.4 Å². The van der Waals surface area contributed by atoms with Crippen LogP contribution in [0.25, 0.3) is 11.3 Å². The zero-order chi connectivity index (χ0) is 22.9. The molecule has 5 nitrogen and oxygen atoms in total. The summed E-state index contributed by atoms with van der Waals surface area (Å²) in [6.07, 6.45) is -2.92. The second-order valence-electron chi connectivity index (χ2n) is 7.56. The Kier molecular flexibility index (Phi) is 5.82. The summed E-state index contributed by atoms with van der Waals surface area (Å²) < 4.78 is 52.6. The highest BCUT2D eigenvalue weighted by molar-refractivity contribution is 5.94. The summed E-state index contributed by atoms with van der Waals surface area (Å²) in [4.78, 5) is 25.0. The van der Waals surface area contributed by atoms with Crippen molar-refractivity contribution >= 4 is 11.9 Å². The molecule has 1 saturated heterocycles. The van der Waals surface area contributed by atoms with Crippen molar-refractivity contribution in [2.75, 3.05) is 31.1 Å². The lowest BCUT2D eigenvalue weighted by molar-refractivity contribution is -0.137. The van der Waals surface area contributed by atoms with Gasteiger partial charge in [-0.15, -0.1) is 0 Å². The number of rotatable bonds is 3. The fourth-order valence-corrected chi connectivity index (χ4v) is 3.59. The van der Waals surface area contributed by atoms with Gasteiger partial charge >= 0.3 is 6.18 Å². The standard InChI is InChI=1S/C23H20F4N4O/c1-15-13-17(5-6-19(15)24)21(32)30-9-11-31(12-10-30)22-28-8-7-20(29-22)16-3-2-4-18(14-16)23(25,26)27/h2-8,13-14H,9-12H2,1H3. The van der Waals surface area contributed by atoms with E-state index in [1.54, 1.807) is 24.0 Å². The number of hydrogen-bond donors (Lipinski definition) is 0. The molecule has 1 aromatic heterocycles. The number of halogens is 4. The molecule has 3 aromatic rings. The van der Waals surface area contributed by atoms with E-state index in [2.05, 4.69) is 9.97 Å². The monoisotopic (exact) mass is 444 g/mol. The molecule has 166 valence electrons. The summed E-state index contributed by atoms with van der Waals surface area (Å²) >= 11 is 0. The minimum Gasteiger partial charge on any atom is -0.337 e. The molecule has 9 heteroatoms. The van der Waals surface area contributed by atoms with Crippen LogP contribution < -0.4 is 4.90 Å². The van der Waals surface area contributed by atoms with Crippen LogP contribution in [-0.2, 0) is 6.18 Å². The van der Waals surface area contributed by atoms with E-state index in [0.29, 0.717) is 54.5 Å². The van der Waals surface area contributed by atoms with Gasteiger partial charge in [-0.3, -0.25) is 4.79 Å². The van der Waals surface area contributed by atoms with Crippen LogP contribution in [0.3, 0.4) is 0 Å². The van der Waals surface area contributed by atoms with Crippen LogP contribution in [0.4, 0.5) is 23.5 Å². The average Bonchev–Trinajstić information content (AvgIpc) is 2.80. The normalized spacial score (nSPS) is 14.5. The number of aryl methyl sites for hydroxylation is 1. The fraction of sp³-hybridized carbons (Fsp3) is 0.261. The van der Waals surface area contributed by atoms with Gasteiger partial charge in [-0.05, 0) is 48.9 Å². The van der Waals surface area contributed by atoms with Crippen LogP contribution in [0.15, 0.2) is 54.7 Å². The second kappa shape index (κ2) is 8.57. The molecule has 0 saturated carbocycles. The van der Waals surface area contributed by atoms with Crippen LogP contribution >= 0.6 is 0 Å². The van der Waals surface area contributed by atoms with Crippen molar-refractivity contribution in [3.05, 3.63) is 77.2 Å². The molecule has 0 N–H and O–H groups in total. The maximum atomic E-state index is 13.5. The zero-order valence-corrected chi connectivity index (χ0v) is 17.2. The van der Waals surface area contributed by atoms with Gasteiger partial charge in [0.25, 0.3) is 5.91 Å². The Balaban J connectivity index is 1.46. The van der Waals surface area contributed by atoms with Crippen molar-refractivity contribution in [2.45, 2.75) is 13.1 Å². The lowest BCUT2D eigenvalue weighted by atomic mass is 10.1. The zero-order valence-electron chi connectivity index (χ0n) is 17.2. The molecule has 0 spiro atoms. The highest BCUT2D eigenvalue weighted by atomic mass is 19.4. The molecule has 1 amide bonds. The largest absolute Gasteiger partial charge is 0.416 e. The van der Waals surface area contributed by atoms with Crippen LogP contribution in [0.5, 0.6) is 0 Å². The third-order valence-corrected chi connectivity index (χ3v) is 5.38. The Morgan fingerprint density at radius 2 is 1.75 bits per heavy atom. The Morgan fingerprint density at radius 3 is 2.44 bits per heavy atom. The Bertz CT molecular complexity index is 1140. The van der Waals surface area contributed by atoms with E-state index in [1.807, 2.05) is 4.90 Å². The van der Waals surface area contributed by atoms with Gasteiger partial charge in [-0.2, -0.15) is 13.2 Å². The number of nitrogens with zero attached hydrogens (tertiary/aromatic N) is 4. The molecule has 4 rings (SSSR count). The number of carbonyl (C=O) groups excluding carboxylic acids is 1. The first-order chi connectivity index (χ1) is 15.2. The van der Waals surface area contributed by atoms with Crippen molar-refractivity contribution in [1.82, 2.24) is 14.9 Å². The lowest BCUT2D eigenvalue weighted by Crippen LogP contribution is -2.49. The molecule has 0 bridgehead atoms. The summed E-state index contributed by atoms with van der Waals surface area (Å²) in [5.74, 6) is -0.139. The number of hydrogen-bond acceptors (Lipinski definition) is 4. The molecular weight excluding hydrogens is 424 g/mol. The number of alkyl halides is 3. The van der Waals surface area contributed by atoms with Gasteiger partial charge in [0.05, 0.1) is 11.3 Å². The summed E-state index contributed by atoms with van der Waals surface area (Å²) in [5, 5.41) is 0. The first-order valence-electron chi connectivity index (χ1n) is 10.0. The third kappa shape index (κ3) is 4.56. The predicted molar refractivity (Wildman–Crippen MR) is 112 cm³/mol. The van der Waals surface area contributed by atoms with Gasteiger partial charge in [-0.1, -0.05) is 12.1 Å². The van der Waals surface area contributed by atoms with Gasteiger partial charge in [0.15, 0.2) is 0 Å². The molecule has 0 atom stereocenters. The Hall–Kier alpha value is -3.49. The summed E-state index contributed by atoms with van der Waals surface area (Å²) in [7, 11) is 0. The van der Waals surface area contributed by atoms with Gasteiger partial charge in [0, 0.05) is 43.5 Å². The first kappa shape index (κ1) is 21.7. The third-order valence-electron chi connectivity index (χ3n) is 5.38. The van der Waals surface area contributed by atoms with E-state index in [1.165, 1.54) is 30.5 Å². The average molecular weight is 444 g/mol. The number of amides is 1. The van der Waals surface area contributed by atoms with Crippen molar-refractivity contribution in [1.29, 1.82) is 0 Å². The smallest absolute Gasteiger partial charge is 0.337 e. The van der Waals surface area contributed by atoms with Crippen LogP contribution in [0.2, 0.25) is 0 Å². The highest BCUT2D eigenvalue weighted by Crippen LogP contribution is 2.32. The molecule has 1 aliphatic heterocycles. The lowest BCUT2D eigenvalue weighted by Gasteiger charge is -2.35. The maximum Gasteiger partial charge on any atom is 0.416 e. The number of carbonyl (C=O) groups is 1. The van der Waals surface area contributed by atoms with Crippen LogP contribution in [0, 0.1) is 12.7 Å². The molecule has 2 heterocycles. The highest BCUT2D eigenvalue weighted by Gasteiger charge is 2.30. The molecule has 1 fully saturated rings. The number of aromatic nitrogens is 2. The molecule has 32 heavy (non-hydrogen) atoms. The molecule has 0 aliphatic carbocycles.